The number of phenols is 1. The quantitative estimate of drug-likeness (QED) is 0.787. The van der Waals surface area contributed by atoms with Crippen molar-refractivity contribution >= 4 is 5.97 Å². The molecule has 86 valence electrons. The summed E-state index contributed by atoms with van der Waals surface area (Å²) in [6, 6.07) is 1.74. The topological polar surface area (TPSA) is 69.6 Å². The predicted molar refractivity (Wildman–Crippen MR) is 55.3 cm³/mol. The molecule has 0 saturated carbocycles. The van der Waals surface area contributed by atoms with E-state index >= 15 is 0 Å². The summed E-state index contributed by atoms with van der Waals surface area (Å²) in [6.07, 6.45) is 0.0246. The molecule has 0 spiro atoms. The van der Waals surface area contributed by atoms with E-state index < -0.39 is 5.97 Å². The Hall–Kier alpha value is -1.71. The van der Waals surface area contributed by atoms with Crippen molar-refractivity contribution in [3.63, 3.8) is 0 Å². The largest absolute Gasteiger partial charge is 0.550 e. The first-order valence-electron chi connectivity index (χ1n) is 5.17. The van der Waals surface area contributed by atoms with Gasteiger partial charge in [0.15, 0.2) is 0 Å². The molecule has 0 radical (unpaired) electrons. The van der Waals surface area contributed by atoms with Crippen molar-refractivity contribution < 1.29 is 19.7 Å². The molecule has 0 amide bonds. The second kappa shape index (κ2) is 3.70. The Morgan fingerprint density at radius 3 is 2.94 bits per heavy atom. The van der Waals surface area contributed by atoms with Gasteiger partial charge in [-0.1, -0.05) is 0 Å². The van der Waals surface area contributed by atoms with E-state index in [-0.39, 0.29) is 18.3 Å². The van der Waals surface area contributed by atoms with Crippen molar-refractivity contribution in [1.82, 2.24) is 0 Å². The van der Waals surface area contributed by atoms with Crippen LogP contribution in [0.15, 0.2) is 6.07 Å². The van der Waals surface area contributed by atoms with Crippen LogP contribution in [0.5, 0.6) is 11.5 Å². The fraction of sp³-hybridized carbons (Fsp3) is 0.417. The van der Waals surface area contributed by atoms with Gasteiger partial charge in [-0.15, -0.1) is 0 Å². The van der Waals surface area contributed by atoms with Gasteiger partial charge in [0.1, 0.15) is 17.6 Å². The smallest absolute Gasteiger partial charge is 0.123 e. The number of hydrogen-bond donors (Lipinski definition) is 1. The van der Waals surface area contributed by atoms with Gasteiger partial charge < -0.3 is 19.7 Å². The van der Waals surface area contributed by atoms with Gasteiger partial charge in [0.05, 0.1) is 0 Å². The molecule has 0 bridgehead atoms. The Balaban J connectivity index is 2.31. The van der Waals surface area contributed by atoms with E-state index in [1.165, 1.54) is 0 Å². The summed E-state index contributed by atoms with van der Waals surface area (Å²) in [5.41, 5.74) is 2.41. The van der Waals surface area contributed by atoms with E-state index in [1.807, 2.05) is 6.92 Å². The van der Waals surface area contributed by atoms with Crippen LogP contribution < -0.4 is 9.84 Å². The number of carbonyl (C=O) groups is 1. The van der Waals surface area contributed by atoms with Crippen LogP contribution in [0.2, 0.25) is 0 Å². The summed E-state index contributed by atoms with van der Waals surface area (Å²) in [7, 11) is 0. The van der Waals surface area contributed by atoms with E-state index in [0.29, 0.717) is 12.2 Å². The first-order valence-corrected chi connectivity index (χ1v) is 5.17. The monoisotopic (exact) mass is 221 g/mol. The number of aliphatic carboxylic acids is 1. The van der Waals surface area contributed by atoms with Gasteiger partial charge in [-0.2, -0.15) is 0 Å². The zero-order chi connectivity index (χ0) is 11.9. The van der Waals surface area contributed by atoms with Crippen LogP contribution in [0.3, 0.4) is 0 Å². The molecule has 1 aliphatic rings. The number of benzene rings is 1. The molecule has 1 N–H and O–H groups in total. The molecule has 0 fully saturated rings. The van der Waals surface area contributed by atoms with E-state index in [1.54, 1.807) is 13.0 Å². The molecule has 0 aromatic heterocycles. The number of rotatable bonds is 2. The molecule has 1 unspecified atom stereocenters. The lowest BCUT2D eigenvalue weighted by Crippen LogP contribution is -2.29. The summed E-state index contributed by atoms with van der Waals surface area (Å²) >= 11 is 0. The van der Waals surface area contributed by atoms with Crippen LogP contribution in [0, 0.1) is 13.8 Å². The van der Waals surface area contributed by atoms with Gasteiger partial charge in [-0.3, -0.25) is 0 Å². The van der Waals surface area contributed by atoms with Crippen molar-refractivity contribution in [2.24, 2.45) is 0 Å². The van der Waals surface area contributed by atoms with Crippen molar-refractivity contribution in [1.29, 1.82) is 0 Å². The van der Waals surface area contributed by atoms with Gasteiger partial charge in [-0.25, -0.2) is 0 Å². The van der Waals surface area contributed by atoms with Gasteiger partial charge in [-0.05, 0) is 31.0 Å². The van der Waals surface area contributed by atoms with Gasteiger partial charge >= 0.3 is 0 Å². The SMILES string of the molecule is Cc1cc2c(c(C)c1O)CC(CC(=O)[O-])O2. The standard InChI is InChI=1S/C12H14O4/c1-6-3-10-9(7(2)12(6)15)4-8(16-10)5-11(13)14/h3,8,15H,4-5H2,1-2H3,(H,13,14)/p-1. The Labute approximate surface area is 93.5 Å². The maximum atomic E-state index is 10.5. The van der Waals surface area contributed by atoms with Crippen LogP contribution in [0.1, 0.15) is 23.1 Å². The minimum atomic E-state index is -1.11. The molecule has 4 nitrogen and oxygen atoms in total. The van der Waals surface area contributed by atoms with Crippen LogP contribution in [0.25, 0.3) is 0 Å². The summed E-state index contributed by atoms with van der Waals surface area (Å²) in [4.78, 5) is 10.5. The lowest BCUT2D eigenvalue weighted by Gasteiger charge is -2.10. The fourth-order valence-corrected chi connectivity index (χ4v) is 2.08. The third-order valence-corrected chi connectivity index (χ3v) is 2.95. The van der Waals surface area contributed by atoms with Crippen LogP contribution >= 0.6 is 0 Å². The van der Waals surface area contributed by atoms with E-state index in [9.17, 15) is 15.0 Å². The first-order chi connectivity index (χ1) is 7.49. The highest BCUT2D eigenvalue weighted by Crippen LogP contribution is 2.38. The maximum Gasteiger partial charge on any atom is 0.123 e. The van der Waals surface area contributed by atoms with Crippen LogP contribution in [0.4, 0.5) is 0 Å². The highest BCUT2D eigenvalue weighted by molar-refractivity contribution is 5.65. The van der Waals surface area contributed by atoms with E-state index in [4.69, 9.17) is 4.74 Å². The molecule has 4 heteroatoms. The average molecular weight is 221 g/mol. The van der Waals surface area contributed by atoms with Gasteiger partial charge in [0.25, 0.3) is 0 Å². The molecular weight excluding hydrogens is 208 g/mol. The molecule has 0 saturated heterocycles. The van der Waals surface area contributed by atoms with Gasteiger partial charge in [0.2, 0.25) is 0 Å². The minimum Gasteiger partial charge on any atom is -0.550 e. The number of hydrogen-bond acceptors (Lipinski definition) is 4. The molecule has 1 aromatic rings. The first kappa shape index (κ1) is 10.8. The highest BCUT2D eigenvalue weighted by atomic mass is 16.5. The molecule has 1 heterocycles. The second-order valence-corrected chi connectivity index (χ2v) is 4.16. The summed E-state index contributed by atoms with van der Waals surface area (Å²) in [5.74, 6) is -0.174. The van der Waals surface area contributed by atoms with Crippen LogP contribution in [-0.4, -0.2) is 17.2 Å². The molecular formula is C12H13O4-. The minimum absolute atomic E-state index is 0.117. The molecule has 0 aliphatic carbocycles. The third kappa shape index (κ3) is 1.71. The lowest BCUT2D eigenvalue weighted by atomic mass is 9.99. The zero-order valence-corrected chi connectivity index (χ0v) is 9.24. The average Bonchev–Trinajstić information content (AvgIpc) is 2.56. The summed E-state index contributed by atoms with van der Waals surface area (Å²) < 4.78 is 5.50. The Kier molecular flexibility index (Phi) is 2.50. The number of carbonyl (C=O) groups excluding carboxylic acids is 1. The number of aromatic hydroxyl groups is 1. The third-order valence-electron chi connectivity index (χ3n) is 2.95. The van der Waals surface area contributed by atoms with E-state index in [2.05, 4.69) is 0 Å². The fourth-order valence-electron chi connectivity index (χ4n) is 2.08. The number of aryl methyl sites for hydroxylation is 1. The number of carboxylic acid groups (broad SMARTS) is 1. The summed E-state index contributed by atoms with van der Waals surface area (Å²) in [5, 5.41) is 20.2. The van der Waals surface area contributed by atoms with E-state index in [0.717, 1.165) is 16.7 Å². The second-order valence-electron chi connectivity index (χ2n) is 4.16. The Morgan fingerprint density at radius 1 is 1.62 bits per heavy atom. The summed E-state index contributed by atoms with van der Waals surface area (Å²) in [6.45, 7) is 3.60. The van der Waals surface area contributed by atoms with Gasteiger partial charge in [0, 0.05) is 24.4 Å². The zero-order valence-electron chi connectivity index (χ0n) is 9.24. The van der Waals surface area contributed by atoms with Crippen molar-refractivity contribution in [3.05, 3.63) is 22.8 Å². The Bertz CT molecular complexity index is 451. The number of phenolic OH excluding ortho intramolecular Hbond substituents is 1. The van der Waals surface area contributed by atoms with Crippen LogP contribution in [-0.2, 0) is 11.2 Å². The lowest BCUT2D eigenvalue weighted by molar-refractivity contribution is -0.307. The normalized spacial score (nSPS) is 18.0. The highest BCUT2D eigenvalue weighted by Gasteiger charge is 2.26. The number of ether oxygens (including phenoxy) is 1. The maximum absolute atomic E-state index is 10.5. The van der Waals surface area contributed by atoms with Crippen molar-refractivity contribution in [2.45, 2.75) is 32.8 Å². The van der Waals surface area contributed by atoms with Crippen molar-refractivity contribution in [2.75, 3.05) is 0 Å². The molecule has 1 aliphatic heterocycles. The molecule has 2 rings (SSSR count). The Morgan fingerprint density at radius 2 is 2.31 bits per heavy atom. The predicted octanol–water partition coefficient (Wildman–Crippen LogP) is 0.453. The number of fused-ring (bicyclic) bond motifs is 1. The number of carboxylic acids is 1. The molecule has 16 heavy (non-hydrogen) atoms. The van der Waals surface area contributed by atoms with Crippen molar-refractivity contribution in [3.8, 4) is 11.5 Å². The molecule has 1 atom stereocenters. The molecule has 1 aromatic carbocycles.